The zero-order chi connectivity index (χ0) is 26.1. The van der Waals surface area contributed by atoms with Crippen LogP contribution >= 0.6 is 0 Å². The highest BCUT2D eigenvalue weighted by Crippen LogP contribution is 2.39. The minimum Gasteiger partial charge on any atom is -0.493 e. The molecule has 10 heteroatoms. The molecular formula is C26H30N4O5S. The monoisotopic (exact) mass is 510 g/mol. The average molecular weight is 511 g/mol. The summed E-state index contributed by atoms with van der Waals surface area (Å²) in [7, 11) is -4.40. The molecule has 3 heterocycles. The Morgan fingerprint density at radius 1 is 1.19 bits per heavy atom. The predicted molar refractivity (Wildman–Crippen MR) is 138 cm³/mol. The number of nitrogens with zero attached hydrogens (tertiary/aromatic N) is 2. The lowest BCUT2D eigenvalue weighted by Gasteiger charge is -2.34. The number of hydrogen-bond acceptors (Lipinski definition) is 7. The molecule has 1 saturated heterocycles. The van der Waals surface area contributed by atoms with Gasteiger partial charge in [0.15, 0.2) is 4.90 Å². The van der Waals surface area contributed by atoms with Crippen molar-refractivity contribution in [2.45, 2.75) is 44.6 Å². The van der Waals surface area contributed by atoms with E-state index in [4.69, 9.17) is 9.72 Å². The predicted octanol–water partition coefficient (Wildman–Crippen LogP) is 3.58. The zero-order valence-electron chi connectivity index (χ0n) is 20.7. The Hall–Kier alpha value is -3.66. The van der Waals surface area contributed by atoms with Gasteiger partial charge < -0.3 is 14.6 Å². The fourth-order valence-corrected chi connectivity index (χ4v) is 5.77. The molecule has 0 spiro atoms. The molecule has 9 nitrogen and oxygen atoms in total. The summed E-state index contributed by atoms with van der Waals surface area (Å²) in [4.78, 5) is 34.1. The molecule has 2 aromatic heterocycles. The van der Waals surface area contributed by atoms with Gasteiger partial charge in [-0.3, -0.25) is 9.59 Å². The number of amides is 1. The zero-order valence-corrected chi connectivity index (χ0v) is 21.6. The van der Waals surface area contributed by atoms with Crippen molar-refractivity contribution >= 4 is 21.7 Å². The average Bonchev–Trinajstić information content (AvgIpc) is 3.10. The summed E-state index contributed by atoms with van der Waals surface area (Å²) in [5, 5.41) is 0. The van der Waals surface area contributed by atoms with Crippen molar-refractivity contribution in [1.82, 2.24) is 14.7 Å². The summed E-state index contributed by atoms with van der Waals surface area (Å²) < 4.78 is 33.5. The Morgan fingerprint density at radius 3 is 2.61 bits per heavy atom. The van der Waals surface area contributed by atoms with Gasteiger partial charge in [-0.2, -0.15) is 0 Å². The topological polar surface area (TPSA) is 121 Å². The molecule has 4 rings (SSSR count). The van der Waals surface area contributed by atoms with E-state index in [9.17, 15) is 18.0 Å². The SMILES string of the molecule is CCOc1ccccc1-c1ccc(C(=O)NS(=O)(=O)c2ccc[nH]c2=O)c(N2C[C@@H](C)CC2(C)C)n1. The quantitative estimate of drug-likeness (QED) is 0.498. The molecule has 2 N–H and O–H groups in total. The minimum atomic E-state index is -4.40. The third kappa shape index (κ3) is 4.99. The second kappa shape index (κ2) is 9.77. The van der Waals surface area contributed by atoms with Crippen LogP contribution in [0.3, 0.4) is 0 Å². The normalized spacial score (nSPS) is 17.1. The molecule has 0 radical (unpaired) electrons. The maximum absolute atomic E-state index is 13.3. The summed E-state index contributed by atoms with van der Waals surface area (Å²) in [6.07, 6.45) is 2.20. The van der Waals surface area contributed by atoms with E-state index in [1.165, 1.54) is 12.3 Å². The molecule has 0 bridgehead atoms. The number of para-hydroxylation sites is 1. The van der Waals surface area contributed by atoms with Gasteiger partial charge in [0, 0.05) is 23.8 Å². The van der Waals surface area contributed by atoms with Crippen LogP contribution in [0.4, 0.5) is 5.82 Å². The summed E-state index contributed by atoms with van der Waals surface area (Å²) in [6, 6.07) is 13.3. The van der Waals surface area contributed by atoms with Crippen LogP contribution in [0, 0.1) is 5.92 Å². The molecule has 1 aliphatic heterocycles. The molecule has 0 unspecified atom stereocenters. The maximum Gasteiger partial charge on any atom is 0.269 e. The number of pyridine rings is 2. The smallest absolute Gasteiger partial charge is 0.269 e. The first kappa shape index (κ1) is 25.4. The first-order chi connectivity index (χ1) is 17.0. The summed E-state index contributed by atoms with van der Waals surface area (Å²) in [5.74, 6) is 0.530. The second-order valence-electron chi connectivity index (χ2n) is 9.53. The number of carbonyl (C=O) groups excluding carboxylic acids is 1. The van der Waals surface area contributed by atoms with E-state index in [0.29, 0.717) is 36.3 Å². The van der Waals surface area contributed by atoms with Crippen LogP contribution in [0.25, 0.3) is 11.3 Å². The number of anilines is 1. The van der Waals surface area contributed by atoms with Gasteiger partial charge in [-0.05, 0) is 69.5 Å². The number of benzene rings is 1. The Bertz CT molecular complexity index is 1450. The molecule has 1 fully saturated rings. The van der Waals surface area contributed by atoms with E-state index >= 15 is 0 Å². The Labute approximate surface area is 210 Å². The van der Waals surface area contributed by atoms with Crippen molar-refractivity contribution < 1.29 is 17.9 Å². The van der Waals surface area contributed by atoms with Crippen LogP contribution in [0.15, 0.2) is 64.4 Å². The van der Waals surface area contributed by atoms with E-state index in [1.807, 2.05) is 40.8 Å². The molecule has 1 aliphatic rings. The number of hydrogen-bond donors (Lipinski definition) is 2. The molecule has 36 heavy (non-hydrogen) atoms. The summed E-state index contributed by atoms with van der Waals surface area (Å²) >= 11 is 0. The molecule has 0 saturated carbocycles. The molecule has 1 amide bonds. The molecule has 190 valence electrons. The standard InChI is InChI=1S/C26H30N4O5S/c1-5-35-21-10-7-6-9-18(21)20-13-12-19(23(28-20)30-16-17(2)15-26(30,3)4)24(31)29-36(33,34)22-11-8-14-27-25(22)32/h6-14,17H,5,15-16H2,1-4H3,(H,27,32)(H,29,31)/t17-/m0/s1. The lowest BCUT2D eigenvalue weighted by atomic mass is 9.97. The number of aromatic amines is 1. The first-order valence-electron chi connectivity index (χ1n) is 11.8. The van der Waals surface area contributed by atoms with Crippen molar-refractivity contribution in [2.75, 3.05) is 18.1 Å². The first-order valence-corrected chi connectivity index (χ1v) is 13.3. The molecular weight excluding hydrogens is 480 g/mol. The number of rotatable bonds is 7. The van der Waals surface area contributed by atoms with Crippen molar-refractivity contribution in [3.8, 4) is 17.0 Å². The molecule has 1 aromatic carbocycles. The highest BCUT2D eigenvalue weighted by atomic mass is 32.2. The van der Waals surface area contributed by atoms with Crippen LogP contribution in [-0.2, 0) is 10.0 Å². The number of ether oxygens (including phenoxy) is 1. The van der Waals surface area contributed by atoms with Crippen LogP contribution in [-0.4, -0.2) is 43.0 Å². The van der Waals surface area contributed by atoms with Crippen LogP contribution < -0.4 is 19.9 Å². The fourth-order valence-electron chi connectivity index (χ4n) is 4.75. The fraction of sp³-hybridized carbons (Fsp3) is 0.346. The van der Waals surface area contributed by atoms with Crippen LogP contribution in [0.5, 0.6) is 5.75 Å². The molecule has 3 aromatic rings. The highest BCUT2D eigenvalue weighted by molar-refractivity contribution is 7.90. The van der Waals surface area contributed by atoms with Gasteiger partial charge in [0.25, 0.3) is 21.5 Å². The van der Waals surface area contributed by atoms with Gasteiger partial charge in [0.2, 0.25) is 0 Å². The third-order valence-corrected chi connectivity index (χ3v) is 7.56. The number of H-pyrrole nitrogens is 1. The minimum absolute atomic E-state index is 0.103. The largest absolute Gasteiger partial charge is 0.493 e. The lowest BCUT2D eigenvalue weighted by molar-refractivity contribution is 0.0981. The van der Waals surface area contributed by atoms with Gasteiger partial charge in [0.1, 0.15) is 11.6 Å². The number of aromatic nitrogens is 2. The summed E-state index contributed by atoms with van der Waals surface area (Å²) in [5.41, 5.74) is 0.346. The van der Waals surface area contributed by atoms with Crippen LogP contribution in [0.1, 0.15) is 44.5 Å². The van der Waals surface area contributed by atoms with Crippen molar-refractivity contribution in [2.24, 2.45) is 5.92 Å². The Balaban J connectivity index is 1.81. The third-order valence-electron chi connectivity index (χ3n) is 6.21. The van der Waals surface area contributed by atoms with E-state index < -0.39 is 26.4 Å². The van der Waals surface area contributed by atoms with E-state index in [1.54, 1.807) is 12.1 Å². The maximum atomic E-state index is 13.3. The molecule has 1 atom stereocenters. The van der Waals surface area contributed by atoms with Crippen LogP contribution in [0.2, 0.25) is 0 Å². The Morgan fingerprint density at radius 2 is 1.94 bits per heavy atom. The lowest BCUT2D eigenvalue weighted by Crippen LogP contribution is -2.41. The Kier molecular flexibility index (Phi) is 6.90. The van der Waals surface area contributed by atoms with Crippen molar-refractivity contribution in [3.63, 3.8) is 0 Å². The second-order valence-corrected chi connectivity index (χ2v) is 11.2. The van der Waals surface area contributed by atoms with E-state index in [0.717, 1.165) is 18.1 Å². The highest BCUT2D eigenvalue weighted by Gasteiger charge is 2.39. The van der Waals surface area contributed by atoms with E-state index in [-0.39, 0.29) is 11.1 Å². The van der Waals surface area contributed by atoms with Gasteiger partial charge >= 0.3 is 0 Å². The van der Waals surface area contributed by atoms with Gasteiger partial charge in [-0.1, -0.05) is 19.1 Å². The van der Waals surface area contributed by atoms with Gasteiger partial charge in [0.05, 0.1) is 17.9 Å². The van der Waals surface area contributed by atoms with E-state index in [2.05, 4.69) is 25.8 Å². The molecule has 0 aliphatic carbocycles. The van der Waals surface area contributed by atoms with Crippen molar-refractivity contribution in [3.05, 3.63) is 70.6 Å². The number of nitrogens with one attached hydrogen (secondary N) is 2. The number of sulfonamides is 1. The van der Waals surface area contributed by atoms with Gasteiger partial charge in [-0.15, -0.1) is 0 Å². The summed E-state index contributed by atoms with van der Waals surface area (Å²) in [6.45, 7) is 9.30. The van der Waals surface area contributed by atoms with Crippen molar-refractivity contribution in [1.29, 1.82) is 0 Å². The van der Waals surface area contributed by atoms with Gasteiger partial charge in [-0.25, -0.2) is 18.1 Å². The number of carbonyl (C=O) groups is 1.